The van der Waals surface area contributed by atoms with Gasteiger partial charge in [-0.1, -0.05) is 0 Å². The van der Waals surface area contributed by atoms with E-state index >= 15 is 0 Å². The molecule has 0 saturated carbocycles. The van der Waals surface area contributed by atoms with E-state index in [0.29, 0.717) is 0 Å². The molecule has 0 aromatic carbocycles. The summed E-state index contributed by atoms with van der Waals surface area (Å²) in [4.78, 5) is 8.79. The summed E-state index contributed by atoms with van der Waals surface area (Å²) in [6, 6.07) is 0. The summed E-state index contributed by atoms with van der Waals surface area (Å²) in [5.41, 5.74) is 0. The molecule has 1 atom stereocenters. The molecule has 0 radical (unpaired) electrons. The zero-order valence-corrected chi connectivity index (χ0v) is 5.68. The Kier molecular flexibility index (Phi) is 1.33. The van der Waals surface area contributed by atoms with Crippen LogP contribution in [0.4, 0.5) is 0 Å². The van der Waals surface area contributed by atoms with Crippen molar-refractivity contribution in [2.75, 3.05) is 6.59 Å². The third kappa shape index (κ3) is 6.15. The minimum atomic E-state index is -4.43. The lowest BCUT2D eigenvalue weighted by Gasteiger charge is -2.08. The van der Waals surface area contributed by atoms with Crippen molar-refractivity contribution in [3.05, 3.63) is 0 Å². The summed E-state index contributed by atoms with van der Waals surface area (Å²) < 4.78 is 35.0. The van der Waals surface area contributed by atoms with Crippen molar-refractivity contribution >= 4 is 7.60 Å². The minimum Gasteiger partial charge on any atom is -0.324 e. The van der Waals surface area contributed by atoms with E-state index in [4.69, 9.17) is 9.01 Å². The molecule has 0 aliphatic heterocycles. The molecular formula is C4H11O3P. The van der Waals surface area contributed by atoms with Crippen LogP contribution >= 0.6 is 7.60 Å². The second-order valence-corrected chi connectivity index (χ2v) is 2.93. The summed E-state index contributed by atoms with van der Waals surface area (Å²) in [6.45, 7) is 0.0560. The Hall–Kier alpha value is 0.150. The summed E-state index contributed by atoms with van der Waals surface area (Å²) in [5, 5.41) is 0. The zero-order chi connectivity index (χ0) is 9.28. The largest absolute Gasteiger partial charge is 0.325 e. The summed E-state index contributed by atoms with van der Waals surface area (Å²) in [7, 11) is -4.43. The molecule has 0 aromatic rings. The average molecular weight is 141 g/mol. The maximum absolute atomic E-state index is 10.8. The Morgan fingerprint density at radius 2 is 2.38 bits per heavy atom. The Labute approximate surface area is 53.4 Å². The van der Waals surface area contributed by atoms with Crippen LogP contribution in [0, 0.1) is 0 Å². The highest BCUT2D eigenvalue weighted by molar-refractivity contribution is 7.51. The van der Waals surface area contributed by atoms with Gasteiger partial charge in [0.05, 0.1) is 6.10 Å². The molecule has 0 bridgehead atoms. The van der Waals surface area contributed by atoms with Crippen LogP contribution < -0.4 is 0 Å². The summed E-state index contributed by atoms with van der Waals surface area (Å²) >= 11 is 0. The van der Waals surface area contributed by atoms with Crippen LogP contribution in [0.15, 0.2) is 0 Å². The lowest BCUT2D eigenvalue weighted by molar-refractivity contribution is 0.209. The second kappa shape index (κ2) is 2.62. The molecule has 0 amide bonds. The van der Waals surface area contributed by atoms with Gasteiger partial charge >= 0.3 is 7.60 Å². The fraction of sp³-hybridized carbons (Fsp3) is 1.00. The van der Waals surface area contributed by atoms with Gasteiger partial charge in [-0.25, -0.2) is 0 Å². The van der Waals surface area contributed by atoms with E-state index in [2.05, 4.69) is 4.52 Å². The highest BCUT2D eigenvalue weighted by Crippen LogP contribution is 2.37. The van der Waals surface area contributed by atoms with Gasteiger partial charge in [-0.3, -0.25) is 4.57 Å². The van der Waals surface area contributed by atoms with Crippen LogP contribution in [0.3, 0.4) is 0 Å². The van der Waals surface area contributed by atoms with Crippen molar-refractivity contribution in [2.45, 2.75) is 20.0 Å². The molecule has 0 rings (SSSR count). The van der Waals surface area contributed by atoms with Crippen molar-refractivity contribution in [2.24, 2.45) is 0 Å². The van der Waals surface area contributed by atoms with Crippen molar-refractivity contribution in [3.63, 3.8) is 0 Å². The molecule has 8 heavy (non-hydrogen) atoms. The summed E-state index contributed by atoms with van der Waals surface area (Å²) in [6.07, 6.45) is -0.564. The van der Waals surface area contributed by atoms with Crippen LogP contribution in [0.25, 0.3) is 0 Å². The van der Waals surface area contributed by atoms with Crippen LogP contribution in [0.2, 0.25) is 0 Å². The van der Waals surface area contributed by atoms with Gasteiger partial charge in [-0.2, -0.15) is 0 Å². The topological polar surface area (TPSA) is 46.5 Å². The van der Waals surface area contributed by atoms with Gasteiger partial charge in [0.15, 0.2) is 0 Å². The number of hydrogen-bond donors (Lipinski definition) is 1. The molecule has 4 heteroatoms. The van der Waals surface area contributed by atoms with Gasteiger partial charge in [0.2, 0.25) is 0 Å². The molecule has 0 spiro atoms. The lowest BCUT2D eigenvalue weighted by Crippen LogP contribution is -1.98. The Morgan fingerprint density at radius 3 is 2.50 bits per heavy atom. The van der Waals surface area contributed by atoms with Gasteiger partial charge in [0.25, 0.3) is 0 Å². The average Bonchev–Trinajstić information content (AvgIpc) is 1.56. The maximum Gasteiger partial charge on any atom is 0.325 e. The fourth-order valence-electron chi connectivity index (χ4n) is 0.286. The molecule has 3 nitrogen and oxygen atoms in total. The normalized spacial score (nSPS) is 25.8. The van der Waals surface area contributed by atoms with E-state index in [1.165, 1.54) is 13.8 Å². The van der Waals surface area contributed by atoms with Gasteiger partial charge in [0, 0.05) is 10.7 Å². The van der Waals surface area contributed by atoms with E-state index in [1.54, 1.807) is 0 Å². The Bertz CT molecular complexity index is 176. The molecule has 0 aromatic heterocycles. The molecule has 1 unspecified atom stereocenters. The lowest BCUT2D eigenvalue weighted by atomic mass is 10.5. The standard InChI is InChI=1S/C4H11O3P/c1-4(2)7-8(3,5)6/h4H,1-3H3,(H,5,6)/i3D3. The first-order valence-electron chi connectivity index (χ1n) is 3.68. The fourth-order valence-corrected chi connectivity index (χ4v) is 0.857. The van der Waals surface area contributed by atoms with E-state index in [0.717, 1.165) is 0 Å². The smallest absolute Gasteiger partial charge is 0.324 e. The predicted octanol–water partition coefficient (Wildman–Crippen LogP) is 1.23. The zero-order valence-electron chi connectivity index (χ0n) is 7.79. The minimum absolute atomic E-state index is 0.564. The SMILES string of the molecule is [2H]C([2H])([2H])P(=O)(O)OC(C)C. The van der Waals surface area contributed by atoms with Gasteiger partial charge < -0.3 is 9.42 Å². The third-order valence-electron chi connectivity index (χ3n) is 0.354. The van der Waals surface area contributed by atoms with E-state index in [1.807, 2.05) is 0 Å². The molecular weight excluding hydrogens is 127 g/mol. The molecule has 0 aliphatic rings. The molecule has 0 aliphatic carbocycles. The summed E-state index contributed by atoms with van der Waals surface area (Å²) in [5.74, 6) is 0. The van der Waals surface area contributed by atoms with Crippen LogP contribution in [0.5, 0.6) is 0 Å². The maximum atomic E-state index is 10.8. The second-order valence-electron chi connectivity index (χ2n) is 1.67. The van der Waals surface area contributed by atoms with Crippen LogP contribution in [0.1, 0.15) is 18.0 Å². The first-order chi connectivity index (χ1) is 4.67. The molecule has 0 fully saturated rings. The van der Waals surface area contributed by atoms with Gasteiger partial charge in [-0.05, 0) is 13.8 Å². The predicted molar refractivity (Wildman–Crippen MR) is 32.0 cm³/mol. The number of hydrogen-bond acceptors (Lipinski definition) is 2. The molecule has 1 N–H and O–H groups in total. The van der Waals surface area contributed by atoms with Crippen molar-refractivity contribution < 1.29 is 18.1 Å². The quantitative estimate of drug-likeness (QED) is 0.588. The Morgan fingerprint density at radius 1 is 1.88 bits per heavy atom. The highest BCUT2D eigenvalue weighted by atomic mass is 31.2. The molecule has 0 heterocycles. The Balaban J connectivity index is 4.36. The number of rotatable bonds is 2. The highest BCUT2D eigenvalue weighted by Gasteiger charge is 2.10. The molecule has 50 valence electrons. The van der Waals surface area contributed by atoms with E-state index in [-0.39, 0.29) is 0 Å². The van der Waals surface area contributed by atoms with E-state index < -0.39 is 20.3 Å². The monoisotopic (exact) mass is 141 g/mol. The van der Waals surface area contributed by atoms with Crippen LogP contribution in [-0.4, -0.2) is 17.6 Å². The first kappa shape index (κ1) is 4.04. The van der Waals surface area contributed by atoms with Crippen molar-refractivity contribution in [3.8, 4) is 0 Å². The van der Waals surface area contributed by atoms with Gasteiger partial charge in [0.1, 0.15) is 0 Å². The van der Waals surface area contributed by atoms with E-state index in [9.17, 15) is 4.57 Å². The van der Waals surface area contributed by atoms with Crippen LogP contribution in [-0.2, 0) is 9.09 Å². The third-order valence-corrected chi connectivity index (χ3v) is 1.06. The van der Waals surface area contributed by atoms with Crippen molar-refractivity contribution in [1.29, 1.82) is 0 Å². The van der Waals surface area contributed by atoms with Gasteiger partial charge in [-0.15, -0.1) is 0 Å². The first-order valence-corrected chi connectivity index (χ1v) is 3.76. The van der Waals surface area contributed by atoms with Crippen molar-refractivity contribution in [1.82, 2.24) is 0 Å². The molecule has 0 saturated heterocycles.